The van der Waals surface area contributed by atoms with Gasteiger partial charge in [-0.15, -0.1) is 0 Å². The Balaban J connectivity index is 2.20. The van der Waals surface area contributed by atoms with E-state index in [0.29, 0.717) is 11.4 Å². The quantitative estimate of drug-likeness (QED) is 0.739. The first kappa shape index (κ1) is 19.5. The molecule has 0 radical (unpaired) electrons. The number of alkyl halides is 3. The van der Waals surface area contributed by atoms with Crippen LogP contribution in [0.3, 0.4) is 0 Å². The Morgan fingerprint density at radius 2 is 1.88 bits per heavy atom. The minimum absolute atomic E-state index is 0.149. The van der Waals surface area contributed by atoms with E-state index in [4.69, 9.17) is 0 Å². The van der Waals surface area contributed by atoms with Crippen LogP contribution in [0.1, 0.15) is 40.5 Å². The Morgan fingerprint density at radius 3 is 2.46 bits per heavy atom. The zero-order chi connectivity index (χ0) is 19.2. The van der Waals surface area contributed by atoms with Crippen molar-refractivity contribution in [1.29, 1.82) is 0 Å². The van der Waals surface area contributed by atoms with E-state index in [0.717, 1.165) is 24.1 Å². The van der Waals surface area contributed by atoms with Crippen molar-refractivity contribution < 1.29 is 22.7 Å². The third-order valence-corrected chi connectivity index (χ3v) is 3.60. The molecule has 0 aliphatic rings. The van der Waals surface area contributed by atoms with Gasteiger partial charge in [0.15, 0.2) is 5.69 Å². The van der Waals surface area contributed by atoms with Gasteiger partial charge in [0, 0.05) is 12.1 Å². The molecule has 4 nitrogen and oxygen atoms in total. The summed E-state index contributed by atoms with van der Waals surface area (Å²) in [6.45, 7) is 2.25. The van der Waals surface area contributed by atoms with Gasteiger partial charge < -0.3 is 10.1 Å². The second-order valence-electron chi connectivity index (χ2n) is 5.48. The van der Waals surface area contributed by atoms with Crippen molar-refractivity contribution in [3.63, 3.8) is 0 Å². The van der Waals surface area contributed by atoms with Gasteiger partial charge >= 0.3 is 12.1 Å². The van der Waals surface area contributed by atoms with Crippen molar-refractivity contribution in [3.8, 4) is 0 Å². The zero-order valence-corrected chi connectivity index (χ0v) is 14.4. The van der Waals surface area contributed by atoms with E-state index >= 15 is 0 Å². The highest BCUT2D eigenvalue weighted by molar-refractivity contribution is 5.88. The molecular formula is C19H19F3N2O2. The molecule has 26 heavy (non-hydrogen) atoms. The number of carbonyl (C=O) groups excluding carboxylic acids is 1. The molecule has 1 heterocycles. The highest BCUT2D eigenvalue weighted by atomic mass is 19.4. The monoisotopic (exact) mass is 364 g/mol. The SMILES string of the molecule is CC/C=C\c1ccc(C(=O)OC)nc1NCc1ccc(C(F)(F)F)cc1. The first-order chi connectivity index (χ1) is 12.3. The molecule has 0 bridgehead atoms. The van der Waals surface area contributed by atoms with Gasteiger partial charge in [-0.25, -0.2) is 9.78 Å². The number of nitrogens with zero attached hydrogens (tertiary/aromatic N) is 1. The van der Waals surface area contributed by atoms with Gasteiger partial charge in [-0.1, -0.05) is 31.2 Å². The van der Waals surface area contributed by atoms with Gasteiger partial charge in [0.2, 0.25) is 0 Å². The molecule has 2 aromatic rings. The topological polar surface area (TPSA) is 51.2 Å². The minimum atomic E-state index is -4.36. The molecule has 0 aliphatic heterocycles. The number of esters is 1. The number of pyridine rings is 1. The summed E-state index contributed by atoms with van der Waals surface area (Å²) in [6, 6.07) is 8.18. The Bertz CT molecular complexity index is 784. The van der Waals surface area contributed by atoms with Gasteiger partial charge in [0.05, 0.1) is 12.7 Å². The lowest BCUT2D eigenvalue weighted by Gasteiger charge is -2.11. The van der Waals surface area contributed by atoms with E-state index in [1.165, 1.54) is 19.2 Å². The summed E-state index contributed by atoms with van der Waals surface area (Å²) in [6.07, 6.45) is 0.277. The lowest BCUT2D eigenvalue weighted by atomic mass is 10.1. The fourth-order valence-electron chi connectivity index (χ4n) is 2.21. The standard InChI is InChI=1S/C19H19F3N2O2/c1-3-4-5-14-8-11-16(18(25)26-2)24-17(14)23-12-13-6-9-15(10-7-13)19(20,21)22/h4-11H,3,12H2,1-2H3,(H,23,24)/b5-4-. The van der Waals surface area contributed by atoms with Crippen LogP contribution in [0.15, 0.2) is 42.5 Å². The largest absolute Gasteiger partial charge is 0.464 e. The second kappa shape index (κ2) is 8.51. The van der Waals surface area contributed by atoms with Crippen molar-refractivity contribution >= 4 is 17.9 Å². The van der Waals surface area contributed by atoms with Crippen molar-refractivity contribution in [2.24, 2.45) is 0 Å². The van der Waals surface area contributed by atoms with E-state index in [1.807, 2.05) is 19.1 Å². The Hall–Kier alpha value is -2.83. The van der Waals surface area contributed by atoms with Gasteiger partial charge in [-0.2, -0.15) is 13.2 Å². The number of hydrogen-bond acceptors (Lipinski definition) is 4. The van der Waals surface area contributed by atoms with Crippen LogP contribution in [0.5, 0.6) is 0 Å². The molecule has 1 N–H and O–H groups in total. The predicted molar refractivity (Wildman–Crippen MR) is 93.7 cm³/mol. The molecule has 0 fully saturated rings. The Kier molecular flexibility index (Phi) is 6.38. The molecule has 7 heteroatoms. The molecule has 0 unspecified atom stereocenters. The summed E-state index contributed by atoms with van der Waals surface area (Å²) in [7, 11) is 1.27. The van der Waals surface area contributed by atoms with Crippen LogP contribution in [0.25, 0.3) is 6.08 Å². The van der Waals surface area contributed by atoms with Gasteiger partial charge in [0.1, 0.15) is 5.82 Å². The molecule has 0 aliphatic carbocycles. The summed E-state index contributed by atoms with van der Waals surface area (Å²) >= 11 is 0. The third-order valence-electron chi connectivity index (χ3n) is 3.60. The number of allylic oxidation sites excluding steroid dienone is 1. The van der Waals surface area contributed by atoms with E-state index in [9.17, 15) is 18.0 Å². The zero-order valence-electron chi connectivity index (χ0n) is 14.4. The number of anilines is 1. The highest BCUT2D eigenvalue weighted by Crippen LogP contribution is 2.29. The number of aromatic nitrogens is 1. The molecule has 0 saturated heterocycles. The van der Waals surface area contributed by atoms with E-state index in [-0.39, 0.29) is 12.2 Å². The number of benzene rings is 1. The molecule has 0 saturated carbocycles. The first-order valence-electron chi connectivity index (χ1n) is 8.01. The predicted octanol–water partition coefficient (Wildman–Crippen LogP) is 4.92. The summed E-state index contributed by atoms with van der Waals surface area (Å²) in [5.41, 5.74) is 0.884. The summed E-state index contributed by atoms with van der Waals surface area (Å²) in [4.78, 5) is 15.9. The van der Waals surface area contributed by atoms with Crippen LogP contribution in [-0.2, 0) is 17.5 Å². The number of carbonyl (C=O) groups is 1. The molecule has 138 valence electrons. The maximum Gasteiger partial charge on any atom is 0.416 e. The third kappa shape index (κ3) is 5.08. The van der Waals surface area contributed by atoms with Crippen LogP contribution < -0.4 is 5.32 Å². The molecule has 1 aromatic heterocycles. The maximum absolute atomic E-state index is 12.6. The number of hydrogen-bond donors (Lipinski definition) is 1. The van der Waals surface area contributed by atoms with Crippen LogP contribution in [-0.4, -0.2) is 18.1 Å². The van der Waals surface area contributed by atoms with Gasteiger partial charge in [-0.05, 0) is 36.2 Å². The smallest absolute Gasteiger partial charge is 0.416 e. The first-order valence-corrected chi connectivity index (χ1v) is 8.01. The fourth-order valence-corrected chi connectivity index (χ4v) is 2.21. The van der Waals surface area contributed by atoms with Crippen molar-refractivity contribution in [3.05, 3.63) is 64.9 Å². The van der Waals surface area contributed by atoms with Crippen molar-refractivity contribution in [1.82, 2.24) is 4.98 Å². The molecule has 1 aromatic carbocycles. The fraction of sp³-hybridized carbons (Fsp3) is 0.263. The van der Waals surface area contributed by atoms with E-state index in [1.54, 1.807) is 12.1 Å². The number of rotatable bonds is 6. The second-order valence-corrected chi connectivity index (χ2v) is 5.48. The normalized spacial score (nSPS) is 11.6. The van der Waals surface area contributed by atoms with Crippen LogP contribution in [0.2, 0.25) is 0 Å². The lowest BCUT2D eigenvalue weighted by Crippen LogP contribution is -2.09. The average molecular weight is 364 g/mol. The van der Waals surface area contributed by atoms with Crippen molar-refractivity contribution in [2.45, 2.75) is 26.1 Å². The molecule has 0 atom stereocenters. The summed E-state index contributed by atoms with van der Waals surface area (Å²) in [5.74, 6) is -0.105. The Morgan fingerprint density at radius 1 is 1.19 bits per heavy atom. The number of ether oxygens (including phenoxy) is 1. The van der Waals surface area contributed by atoms with Crippen LogP contribution in [0.4, 0.5) is 19.0 Å². The molecule has 2 rings (SSSR count). The van der Waals surface area contributed by atoms with Gasteiger partial charge in [-0.3, -0.25) is 0 Å². The summed E-state index contributed by atoms with van der Waals surface area (Å²) < 4.78 is 42.5. The Labute approximate surface area is 149 Å². The minimum Gasteiger partial charge on any atom is -0.464 e. The van der Waals surface area contributed by atoms with Gasteiger partial charge in [0.25, 0.3) is 0 Å². The molecular weight excluding hydrogens is 345 g/mol. The van der Waals surface area contributed by atoms with E-state index < -0.39 is 17.7 Å². The maximum atomic E-state index is 12.6. The molecule has 0 amide bonds. The summed E-state index contributed by atoms with van der Waals surface area (Å²) in [5, 5.41) is 3.06. The van der Waals surface area contributed by atoms with Crippen LogP contribution >= 0.6 is 0 Å². The van der Waals surface area contributed by atoms with Crippen molar-refractivity contribution in [2.75, 3.05) is 12.4 Å². The van der Waals surface area contributed by atoms with Crippen LogP contribution in [0, 0.1) is 0 Å². The molecule has 0 spiro atoms. The van der Waals surface area contributed by atoms with E-state index in [2.05, 4.69) is 15.0 Å². The number of halogens is 3. The number of methoxy groups -OCH3 is 1. The highest BCUT2D eigenvalue weighted by Gasteiger charge is 2.29. The lowest BCUT2D eigenvalue weighted by molar-refractivity contribution is -0.137. The number of nitrogens with one attached hydrogen (secondary N) is 1. The average Bonchev–Trinajstić information content (AvgIpc) is 2.64.